The number of carbonyl (C=O) groups excluding carboxylic acids is 1. The van der Waals surface area contributed by atoms with E-state index in [2.05, 4.69) is 24.1 Å². The molecule has 1 N–H and O–H groups in total. The molecule has 3 heteroatoms. The zero-order valence-corrected chi connectivity index (χ0v) is 13.2. The number of hydrogen-bond acceptors (Lipinski definition) is 2. The first-order chi connectivity index (χ1) is 9.70. The van der Waals surface area contributed by atoms with Crippen molar-refractivity contribution in [3.8, 4) is 0 Å². The van der Waals surface area contributed by atoms with E-state index >= 15 is 0 Å². The second-order valence-corrected chi connectivity index (χ2v) is 7.15. The van der Waals surface area contributed by atoms with Gasteiger partial charge in [-0.2, -0.15) is 0 Å². The van der Waals surface area contributed by atoms with Gasteiger partial charge in [0, 0.05) is 6.04 Å². The molecule has 3 nitrogen and oxygen atoms in total. The molecule has 20 heavy (non-hydrogen) atoms. The molecule has 1 atom stereocenters. The van der Waals surface area contributed by atoms with Gasteiger partial charge in [0.15, 0.2) is 0 Å². The highest BCUT2D eigenvalue weighted by Crippen LogP contribution is 2.40. The van der Waals surface area contributed by atoms with Crippen LogP contribution in [-0.4, -0.2) is 28.6 Å². The number of rotatable bonds is 3. The van der Waals surface area contributed by atoms with E-state index in [1.54, 1.807) is 0 Å². The fourth-order valence-electron chi connectivity index (χ4n) is 4.73. The highest BCUT2D eigenvalue weighted by atomic mass is 16.2. The first-order valence-corrected chi connectivity index (χ1v) is 8.80. The van der Waals surface area contributed by atoms with Gasteiger partial charge in [0.05, 0.1) is 11.7 Å². The van der Waals surface area contributed by atoms with Crippen LogP contribution in [0.3, 0.4) is 0 Å². The molecule has 0 aromatic carbocycles. The monoisotopic (exact) mass is 278 g/mol. The van der Waals surface area contributed by atoms with Crippen molar-refractivity contribution in [1.82, 2.24) is 10.2 Å². The summed E-state index contributed by atoms with van der Waals surface area (Å²) >= 11 is 0. The molecule has 3 fully saturated rings. The predicted molar refractivity (Wildman–Crippen MR) is 81.3 cm³/mol. The normalized spacial score (nSPS) is 37.0. The zero-order valence-electron chi connectivity index (χ0n) is 13.2. The molecular weight excluding hydrogens is 248 g/mol. The molecule has 2 aliphatic carbocycles. The van der Waals surface area contributed by atoms with Gasteiger partial charge in [-0.3, -0.25) is 10.1 Å². The van der Waals surface area contributed by atoms with Gasteiger partial charge in [0.2, 0.25) is 5.91 Å². The van der Waals surface area contributed by atoms with Crippen molar-refractivity contribution in [2.75, 3.05) is 0 Å². The van der Waals surface area contributed by atoms with Gasteiger partial charge in [-0.05, 0) is 50.9 Å². The maximum Gasteiger partial charge on any atom is 0.244 e. The molecule has 0 radical (unpaired) electrons. The summed E-state index contributed by atoms with van der Waals surface area (Å²) in [6.45, 7) is 4.51. The Balaban J connectivity index is 1.73. The first kappa shape index (κ1) is 14.4. The molecule has 1 saturated heterocycles. The van der Waals surface area contributed by atoms with Crippen LogP contribution in [0.1, 0.15) is 78.1 Å². The van der Waals surface area contributed by atoms with Gasteiger partial charge in [-0.1, -0.05) is 33.1 Å². The second kappa shape index (κ2) is 5.67. The summed E-state index contributed by atoms with van der Waals surface area (Å²) in [6, 6.07) is 0.503. The number of hydrogen-bond donors (Lipinski definition) is 1. The Hall–Kier alpha value is -0.570. The van der Waals surface area contributed by atoms with Gasteiger partial charge >= 0.3 is 0 Å². The number of carbonyl (C=O) groups is 1. The average molecular weight is 278 g/mol. The van der Waals surface area contributed by atoms with Crippen LogP contribution in [0.25, 0.3) is 0 Å². The average Bonchev–Trinajstić information content (AvgIpc) is 3.06. The van der Waals surface area contributed by atoms with Crippen molar-refractivity contribution in [2.45, 2.75) is 95.8 Å². The van der Waals surface area contributed by atoms with Gasteiger partial charge in [-0.25, -0.2) is 0 Å². The Morgan fingerprint density at radius 3 is 2.30 bits per heavy atom. The molecule has 2 saturated carbocycles. The molecule has 3 rings (SSSR count). The van der Waals surface area contributed by atoms with Crippen LogP contribution < -0.4 is 5.32 Å². The Labute approximate surface area is 123 Å². The van der Waals surface area contributed by atoms with E-state index in [1.807, 2.05) is 0 Å². The van der Waals surface area contributed by atoms with E-state index in [-0.39, 0.29) is 5.54 Å². The summed E-state index contributed by atoms with van der Waals surface area (Å²) in [5.74, 6) is 1.33. The van der Waals surface area contributed by atoms with Crippen molar-refractivity contribution in [3.05, 3.63) is 0 Å². The van der Waals surface area contributed by atoms with Gasteiger partial charge < -0.3 is 4.90 Å². The summed E-state index contributed by atoms with van der Waals surface area (Å²) in [6.07, 6.45) is 12.3. The highest BCUT2D eigenvalue weighted by Gasteiger charge is 2.53. The van der Waals surface area contributed by atoms with Crippen molar-refractivity contribution in [1.29, 1.82) is 0 Å². The minimum Gasteiger partial charge on any atom is -0.323 e. The van der Waals surface area contributed by atoms with Crippen LogP contribution in [0.2, 0.25) is 0 Å². The molecule has 1 spiro atoms. The lowest BCUT2D eigenvalue weighted by Gasteiger charge is -2.37. The topological polar surface area (TPSA) is 32.3 Å². The Morgan fingerprint density at radius 2 is 1.75 bits per heavy atom. The Kier molecular flexibility index (Phi) is 4.07. The van der Waals surface area contributed by atoms with Gasteiger partial charge in [-0.15, -0.1) is 0 Å². The second-order valence-electron chi connectivity index (χ2n) is 7.15. The number of nitrogens with zero attached hydrogens (tertiary/aromatic N) is 1. The van der Waals surface area contributed by atoms with E-state index in [4.69, 9.17) is 0 Å². The summed E-state index contributed by atoms with van der Waals surface area (Å²) < 4.78 is 0. The van der Waals surface area contributed by atoms with Crippen LogP contribution >= 0.6 is 0 Å². The van der Waals surface area contributed by atoms with E-state index < -0.39 is 0 Å². The molecule has 114 valence electrons. The summed E-state index contributed by atoms with van der Waals surface area (Å²) in [7, 11) is 0. The van der Waals surface area contributed by atoms with E-state index in [0.717, 1.165) is 25.2 Å². The molecule has 1 amide bonds. The number of amides is 1. The molecule has 0 bridgehead atoms. The molecule has 1 heterocycles. The fraction of sp³-hybridized carbons (Fsp3) is 0.941. The lowest BCUT2D eigenvalue weighted by Crippen LogP contribution is -2.46. The Bertz CT molecular complexity index is 354. The van der Waals surface area contributed by atoms with E-state index in [0.29, 0.717) is 18.1 Å². The quantitative estimate of drug-likeness (QED) is 0.857. The van der Waals surface area contributed by atoms with Gasteiger partial charge in [0.25, 0.3) is 0 Å². The van der Waals surface area contributed by atoms with Crippen LogP contribution in [0, 0.1) is 5.92 Å². The SMILES string of the molecule is CCC1CCC(N2C(=O)C3(CCCC3)NC2CC)CC1. The third-order valence-corrected chi connectivity index (χ3v) is 6.05. The van der Waals surface area contributed by atoms with Crippen molar-refractivity contribution < 1.29 is 4.79 Å². The van der Waals surface area contributed by atoms with Crippen molar-refractivity contribution in [2.24, 2.45) is 5.92 Å². The van der Waals surface area contributed by atoms with E-state index in [9.17, 15) is 4.79 Å². The maximum atomic E-state index is 13.0. The lowest BCUT2D eigenvalue weighted by molar-refractivity contribution is -0.136. The molecular formula is C17H30N2O. The lowest BCUT2D eigenvalue weighted by atomic mass is 9.83. The summed E-state index contributed by atoms with van der Waals surface area (Å²) in [5.41, 5.74) is -0.178. The highest BCUT2D eigenvalue weighted by molar-refractivity contribution is 5.89. The minimum atomic E-state index is -0.178. The van der Waals surface area contributed by atoms with Crippen LogP contribution in [0.5, 0.6) is 0 Å². The Morgan fingerprint density at radius 1 is 1.10 bits per heavy atom. The fourth-order valence-corrected chi connectivity index (χ4v) is 4.73. The molecule has 0 aromatic heterocycles. The third kappa shape index (κ3) is 2.28. The standard InChI is InChI=1S/C17H30N2O/c1-3-13-7-9-14(10-8-13)19-15(4-2)18-17(16(19)20)11-5-6-12-17/h13-15,18H,3-12H2,1-2H3. The predicted octanol–water partition coefficient (Wildman–Crippen LogP) is 3.44. The smallest absolute Gasteiger partial charge is 0.244 e. The largest absolute Gasteiger partial charge is 0.323 e. The summed E-state index contributed by atoms with van der Waals surface area (Å²) in [5, 5.41) is 3.71. The molecule has 3 aliphatic rings. The van der Waals surface area contributed by atoms with E-state index in [1.165, 1.54) is 44.9 Å². The zero-order chi connectivity index (χ0) is 14.2. The third-order valence-electron chi connectivity index (χ3n) is 6.05. The minimum absolute atomic E-state index is 0.178. The van der Waals surface area contributed by atoms with Crippen LogP contribution in [0.4, 0.5) is 0 Å². The van der Waals surface area contributed by atoms with Crippen LogP contribution in [-0.2, 0) is 4.79 Å². The summed E-state index contributed by atoms with van der Waals surface area (Å²) in [4.78, 5) is 15.3. The van der Waals surface area contributed by atoms with Gasteiger partial charge in [0.1, 0.15) is 0 Å². The molecule has 1 aliphatic heterocycles. The first-order valence-electron chi connectivity index (χ1n) is 8.80. The maximum absolute atomic E-state index is 13.0. The van der Waals surface area contributed by atoms with Crippen molar-refractivity contribution in [3.63, 3.8) is 0 Å². The number of nitrogens with one attached hydrogen (secondary N) is 1. The van der Waals surface area contributed by atoms with Crippen molar-refractivity contribution >= 4 is 5.91 Å². The van der Waals surface area contributed by atoms with Crippen LogP contribution in [0.15, 0.2) is 0 Å². The molecule has 1 unspecified atom stereocenters. The molecule has 0 aromatic rings.